The minimum absolute atomic E-state index is 0.0520. The van der Waals surface area contributed by atoms with Gasteiger partial charge in [0.1, 0.15) is 17.8 Å². The molecule has 1 spiro atoms. The molecule has 9 nitrogen and oxygen atoms in total. The van der Waals surface area contributed by atoms with E-state index in [9.17, 15) is 32.3 Å². The van der Waals surface area contributed by atoms with Gasteiger partial charge in [-0.2, -0.15) is 13.2 Å². The van der Waals surface area contributed by atoms with Crippen LogP contribution in [0, 0.1) is 12.3 Å². The summed E-state index contributed by atoms with van der Waals surface area (Å²) >= 11 is 0. The van der Waals surface area contributed by atoms with Crippen molar-refractivity contribution >= 4 is 40.3 Å². The van der Waals surface area contributed by atoms with Gasteiger partial charge in [-0.15, -0.1) is 0 Å². The minimum atomic E-state index is -5.29. The largest absolute Gasteiger partial charge is 0.489 e. The molecule has 1 unspecified atom stereocenters. The molecule has 5 rings (SSSR count). The van der Waals surface area contributed by atoms with Gasteiger partial charge in [0.15, 0.2) is 0 Å². The zero-order chi connectivity index (χ0) is 28.7. The number of hydrogen-bond donors (Lipinski definition) is 2. The number of benzene rings is 2. The number of aryl methyl sites for hydroxylation is 1. The first kappa shape index (κ1) is 27.1. The van der Waals surface area contributed by atoms with Crippen LogP contribution >= 0.6 is 0 Å². The Kier molecular flexibility index (Phi) is 6.94. The summed E-state index contributed by atoms with van der Waals surface area (Å²) in [6.45, 7) is 2.02. The molecule has 0 bridgehead atoms. The van der Waals surface area contributed by atoms with Crippen LogP contribution in [0.1, 0.15) is 36.9 Å². The quantitative estimate of drug-likeness (QED) is 0.454. The highest BCUT2D eigenvalue weighted by Crippen LogP contribution is 2.44. The number of alkyl halides is 3. The maximum absolute atomic E-state index is 13.8. The van der Waals surface area contributed by atoms with Crippen molar-refractivity contribution in [2.45, 2.75) is 51.4 Å². The Balaban J connectivity index is 1.46. The smallest absolute Gasteiger partial charge is 0.471 e. The molecule has 2 heterocycles. The second kappa shape index (κ2) is 10.2. The lowest BCUT2D eigenvalue weighted by molar-refractivity contribution is -0.172. The second-order valence-corrected chi connectivity index (χ2v) is 9.87. The van der Waals surface area contributed by atoms with E-state index in [1.807, 2.05) is 47.9 Å². The van der Waals surface area contributed by atoms with Gasteiger partial charge in [-0.25, -0.2) is 4.79 Å². The summed E-state index contributed by atoms with van der Waals surface area (Å²) in [5.41, 5.74) is 0.255. The third-order valence-corrected chi connectivity index (χ3v) is 7.34. The summed E-state index contributed by atoms with van der Waals surface area (Å²) in [7, 11) is 0. The van der Waals surface area contributed by atoms with Crippen LogP contribution in [0.4, 0.5) is 23.7 Å². The highest BCUT2D eigenvalue weighted by atomic mass is 19.4. The number of amides is 5. The van der Waals surface area contributed by atoms with Gasteiger partial charge in [-0.1, -0.05) is 31.0 Å². The first-order valence-electron chi connectivity index (χ1n) is 12.7. The molecule has 1 atom stereocenters. The number of rotatable bonds is 5. The van der Waals surface area contributed by atoms with Gasteiger partial charge in [-0.05, 0) is 56.2 Å². The van der Waals surface area contributed by atoms with E-state index in [1.165, 1.54) is 24.3 Å². The van der Waals surface area contributed by atoms with Crippen LogP contribution in [0.5, 0.6) is 5.75 Å². The van der Waals surface area contributed by atoms with E-state index < -0.39 is 41.4 Å². The molecule has 5 amide bonds. The number of aromatic nitrogens is 1. The maximum Gasteiger partial charge on any atom is 0.471 e. The molecule has 1 aliphatic heterocycles. The van der Waals surface area contributed by atoms with E-state index in [0.29, 0.717) is 23.5 Å². The van der Waals surface area contributed by atoms with Crippen molar-refractivity contribution in [3.05, 3.63) is 65.9 Å². The fraction of sp³-hybridized carbons (Fsp3) is 0.321. The van der Waals surface area contributed by atoms with E-state index in [0.717, 1.165) is 22.2 Å². The number of ether oxygens (including phenoxy) is 1. The normalized spacial score (nSPS) is 18.8. The standard InChI is InChI=1S/C28H25F3N4O5/c1-16-14-17(20-6-2-3-7-21(20)32-16)15-40-19-11-9-18(10-12-19)35(25(38)28(29,30)31)22-8-4-5-13-27(22)23(36)33-26(39)34-24(27)37/h2-3,6-7,9-12,14,22H,4-5,8,13,15H2,1H3,(H2,33,34,36,37,39). The summed E-state index contributed by atoms with van der Waals surface area (Å²) in [4.78, 5) is 55.3. The number of halogens is 3. The monoisotopic (exact) mass is 554 g/mol. The molecular weight excluding hydrogens is 529 g/mol. The van der Waals surface area contributed by atoms with Crippen LogP contribution < -0.4 is 20.3 Å². The fourth-order valence-corrected chi connectivity index (χ4v) is 5.55. The fourth-order valence-electron chi connectivity index (χ4n) is 5.55. The number of imide groups is 2. The zero-order valence-electron chi connectivity index (χ0n) is 21.4. The predicted octanol–water partition coefficient (Wildman–Crippen LogP) is 4.31. The van der Waals surface area contributed by atoms with Gasteiger partial charge in [0.05, 0.1) is 11.6 Å². The lowest BCUT2D eigenvalue weighted by Crippen LogP contribution is -2.71. The first-order valence-corrected chi connectivity index (χ1v) is 12.7. The average Bonchev–Trinajstić information content (AvgIpc) is 2.91. The second-order valence-electron chi connectivity index (χ2n) is 9.87. The maximum atomic E-state index is 13.8. The van der Waals surface area contributed by atoms with Gasteiger partial charge < -0.3 is 4.74 Å². The van der Waals surface area contributed by atoms with Gasteiger partial charge in [0, 0.05) is 22.3 Å². The Hall–Kier alpha value is -4.48. The third-order valence-electron chi connectivity index (χ3n) is 7.34. The molecule has 3 aromatic rings. The van der Waals surface area contributed by atoms with Crippen LogP contribution in [0.15, 0.2) is 54.6 Å². The number of fused-ring (bicyclic) bond motifs is 1. The number of carbonyl (C=O) groups is 4. The number of hydrogen-bond acceptors (Lipinski definition) is 6. The molecule has 12 heteroatoms. The van der Waals surface area contributed by atoms with E-state index in [2.05, 4.69) is 4.98 Å². The number of carbonyl (C=O) groups excluding carboxylic acids is 4. The molecule has 1 aliphatic carbocycles. The minimum Gasteiger partial charge on any atom is -0.489 e. The molecule has 40 heavy (non-hydrogen) atoms. The first-order chi connectivity index (χ1) is 19.0. The van der Waals surface area contributed by atoms with Crippen LogP contribution in [-0.4, -0.2) is 41.0 Å². The van der Waals surface area contributed by atoms with Crippen LogP contribution in [0.2, 0.25) is 0 Å². The number of anilines is 1. The lowest BCUT2D eigenvalue weighted by atomic mass is 9.67. The zero-order valence-corrected chi connectivity index (χ0v) is 21.4. The number of barbiturate groups is 1. The topological polar surface area (TPSA) is 118 Å². The van der Waals surface area contributed by atoms with E-state index in [4.69, 9.17) is 4.74 Å². The molecule has 208 valence electrons. The highest BCUT2D eigenvalue weighted by molar-refractivity contribution is 6.20. The highest BCUT2D eigenvalue weighted by Gasteiger charge is 2.61. The Morgan fingerprint density at radius 1 is 1.05 bits per heavy atom. The van der Waals surface area contributed by atoms with Crippen molar-refractivity contribution in [1.29, 1.82) is 0 Å². The Morgan fingerprint density at radius 2 is 1.73 bits per heavy atom. The summed E-state index contributed by atoms with van der Waals surface area (Å²) in [6.07, 6.45) is -4.72. The van der Waals surface area contributed by atoms with Gasteiger partial charge in [-0.3, -0.25) is 34.9 Å². The number of urea groups is 1. The van der Waals surface area contributed by atoms with E-state index in [1.54, 1.807) is 0 Å². The Bertz CT molecular complexity index is 1490. The lowest BCUT2D eigenvalue weighted by Gasteiger charge is -2.47. The molecule has 2 fully saturated rings. The average molecular weight is 555 g/mol. The predicted molar refractivity (Wildman–Crippen MR) is 137 cm³/mol. The number of nitrogens with one attached hydrogen (secondary N) is 2. The van der Waals surface area contributed by atoms with Crippen molar-refractivity contribution in [1.82, 2.24) is 15.6 Å². The molecule has 1 saturated heterocycles. The van der Waals surface area contributed by atoms with Crippen molar-refractivity contribution < 1.29 is 37.1 Å². The van der Waals surface area contributed by atoms with Gasteiger partial charge in [0.25, 0.3) is 0 Å². The van der Waals surface area contributed by atoms with E-state index >= 15 is 0 Å². The van der Waals surface area contributed by atoms with Crippen molar-refractivity contribution in [3.8, 4) is 5.75 Å². The summed E-state index contributed by atoms with van der Waals surface area (Å²) in [5.74, 6) is -3.93. The number of nitrogens with zero attached hydrogens (tertiary/aromatic N) is 2. The third kappa shape index (κ3) is 4.85. The van der Waals surface area contributed by atoms with Crippen LogP contribution in [0.25, 0.3) is 10.9 Å². The number of pyridine rings is 1. The van der Waals surface area contributed by atoms with Crippen molar-refractivity contribution in [3.63, 3.8) is 0 Å². The number of para-hydroxylation sites is 1. The molecule has 1 aromatic heterocycles. The molecular formula is C28H25F3N4O5. The van der Waals surface area contributed by atoms with Gasteiger partial charge in [0.2, 0.25) is 11.8 Å². The van der Waals surface area contributed by atoms with Gasteiger partial charge >= 0.3 is 18.1 Å². The molecule has 0 radical (unpaired) electrons. The van der Waals surface area contributed by atoms with Crippen LogP contribution in [-0.2, 0) is 21.0 Å². The summed E-state index contributed by atoms with van der Waals surface area (Å²) < 4.78 is 47.4. The Labute approximate surface area is 226 Å². The molecule has 2 aromatic carbocycles. The molecule has 2 N–H and O–H groups in total. The van der Waals surface area contributed by atoms with E-state index in [-0.39, 0.29) is 25.1 Å². The van der Waals surface area contributed by atoms with Crippen LogP contribution in [0.3, 0.4) is 0 Å². The summed E-state index contributed by atoms with van der Waals surface area (Å²) in [6, 6.07) is 12.3. The molecule has 1 saturated carbocycles. The van der Waals surface area contributed by atoms with Crippen molar-refractivity contribution in [2.75, 3.05) is 4.90 Å². The molecule has 2 aliphatic rings. The summed E-state index contributed by atoms with van der Waals surface area (Å²) in [5, 5.41) is 4.88. The van der Waals surface area contributed by atoms with Crippen molar-refractivity contribution in [2.24, 2.45) is 5.41 Å². The Morgan fingerprint density at radius 3 is 2.40 bits per heavy atom. The SMILES string of the molecule is Cc1cc(COc2ccc(N(C(=O)C(F)(F)F)C3CCCCC34C(=O)NC(=O)NC4=O)cc2)c2ccccc2n1.